The van der Waals surface area contributed by atoms with E-state index in [1.165, 1.54) is 23.5 Å². The van der Waals surface area contributed by atoms with Crippen LogP contribution < -0.4 is 0 Å². The molecule has 0 bridgehead atoms. The fourth-order valence-electron chi connectivity index (χ4n) is 1.83. The second-order valence-electron chi connectivity index (χ2n) is 4.19. The van der Waals surface area contributed by atoms with Crippen LogP contribution >= 0.6 is 11.3 Å². The summed E-state index contributed by atoms with van der Waals surface area (Å²) >= 11 is 1.29. The first kappa shape index (κ1) is 13.2. The number of rotatable bonds is 3. The van der Waals surface area contributed by atoms with E-state index in [1.807, 2.05) is 6.07 Å². The quantitative estimate of drug-likeness (QED) is 0.590. The van der Waals surface area contributed by atoms with E-state index in [2.05, 4.69) is 9.97 Å². The van der Waals surface area contributed by atoms with E-state index in [4.69, 9.17) is 0 Å². The molecule has 6 nitrogen and oxygen atoms in total. The molecule has 104 valence electrons. The first-order valence-corrected chi connectivity index (χ1v) is 6.83. The van der Waals surface area contributed by atoms with E-state index in [0.717, 1.165) is 0 Å². The van der Waals surface area contributed by atoms with Crippen LogP contribution in [0.5, 0.6) is 5.88 Å². The summed E-state index contributed by atoms with van der Waals surface area (Å²) in [5, 5.41) is 21.2. The van der Waals surface area contributed by atoms with Crippen LogP contribution in [0.2, 0.25) is 0 Å². The Morgan fingerprint density at radius 1 is 1.14 bits per heavy atom. The average Bonchev–Trinajstić information content (AvgIpc) is 2.90. The monoisotopic (exact) mass is 299 g/mol. The number of nitro groups is 1. The minimum absolute atomic E-state index is 0.00713. The molecular weight excluding hydrogens is 290 g/mol. The predicted molar refractivity (Wildman–Crippen MR) is 79.1 cm³/mol. The lowest BCUT2D eigenvalue weighted by Gasteiger charge is -1.97. The van der Waals surface area contributed by atoms with Crippen LogP contribution in [-0.2, 0) is 0 Å². The zero-order chi connectivity index (χ0) is 14.8. The number of nitro benzene ring substituents is 1. The summed E-state index contributed by atoms with van der Waals surface area (Å²) in [7, 11) is 0. The second kappa shape index (κ2) is 5.29. The molecule has 0 saturated carbocycles. The Morgan fingerprint density at radius 2 is 1.90 bits per heavy atom. The molecule has 0 amide bonds. The minimum atomic E-state index is -0.463. The molecule has 0 fully saturated rings. The molecule has 3 aromatic rings. The molecule has 0 atom stereocenters. The third-order valence-corrected chi connectivity index (χ3v) is 3.95. The van der Waals surface area contributed by atoms with Crippen molar-refractivity contribution in [2.45, 2.75) is 0 Å². The molecule has 0 spiro atoms. The smallest absolute Gasteiger partial charge is 0.269 e. The third kappa shape index (κ3) is 2.59. The molecule has 1 aromatic carbocycles. The van der Waals surface area contributed by atoms with Gasteiger partial charge in [0.1, 0.15) is 5.01 Å². The van der Waals surface area contributed by atoms with E-state index < -0.39 is 4.92 Å². The maximum atomic E-state index is 10.6. The third-order valence-electron chi connectivity index (χ3n) is 2.83. The molecule has 2 aromatic heterocycles. The van der Waals surface area contributed by atoms with E-state index in [0.29, 0.717) is 21.1 Å². The van der Waals surface area contributed by atoms with E-state index in [1.54, 1.807) is 30.5 Å². The van der Waals surface area contributed by atoms with Crippen molar-refractivity contribution < 1.29 is 10.0 Å². The highest BCUT2D eigenvalue weighted by molar-refractivity contribution is 7.18. The zero-order valence-corrected chi connectivity index (χ0v) is 11.4. The largest absolute Gasteiger partial charge is 0.492 e. The van der Waals surface area contributed by atoms with Gasteiger partial charge in [-0.25, -0.2) is 0 Å². The van der Waals surface area contributed by atoms with Gasteiger partial charge in [-0.3, -0.25) is 15.1 Å². The first-order valence-electron chi connectivity index (χ1n) is 6.01. The van der Waals surface area contributed by atoms with E-state index >= 15 is 0 Å². The van der Waals surface area contributed by atoms with Gasteiger partial charge in [-0.2, -0.15) is 4.98 Å². The number of nitrogens with zero attached hydrogens (tertiary/aromatic N) is 3. The summed E-state index contributed by atoms with van der Waals surface area (Å²) in [5.74, 6) is -0.102. The maximum Gasteiger partial charge on any atom is 0.269 e. The van der Waals surface area contributed by atoms with Gasteiger partial charge in [0.2, 0.25) is 5.88 Å². The molecule has 1 N–H and O–H groups in total. The molecule has 0 saturated heterocycles. The summed E-state index contributed by atoms with van der Waals surface area (Å²) in [6.45, 7) is 0. The molecule has 0 radical (unpaired) electrons. The number of aromatic hydroxyl groups is 1. The summed E-state index contributed by atoms with van der Waals surface area (Å²) in [6.07, 6.45) is 1.65. The van der Waals surface area contributed by atoms with Gasteiger partial charge in [0, 0.05) is 18.3 Å². The molecule has 7 heteroatoms. The van der Waals surface area contributed by atoms with Crippen LogP contribution in [0, 0.1) is 10.1 Å². The van der Waals surface area contributed by atoms with Gasteiger partial charge in [0.15, 0.2) is 0 Å². The Kier molecular flexibility index (Phi) is 3.33. The molecule has 0 aliphatic heterocycles. The van der Waals surface area contributed by atoms with Crippen molar-refractivity contribution in [2.75, 3.05) is 0 Å². The fraction of sp³-hybridized carbons (Fsp3) is 0. The van der Waals surface area contributed by atoms with E-state index in [-0.39, 0.29) is 11.6 Å². The number of non-ortho nitro benzene ring substituents is 1. The number of benzene rings is 1. The summed E-state index contributed by atoms with van der Waals surface area (Å²) in [6, 6.07) is 11.4. The van der Waals surface area contributed by atoms with E-state index in [9.17, 15) is 15.2 Å². The highest BCUT2D eigenvalue weighted by Gasteiger charge is 2.15. The van der Waals surface area contributed by atoms with Gasteiger partial charge in [-0.15, -0.1) is 11.3 Å². The van der Waals surface area contributed by atoms with Crippen LogP contribution in [-0.4, -0.2) is 20.0 Å². The van der Waals surface area contributed by atoms with Gasteiger partial charge >= 0.3 is 0 Å². The maximum absolute atomic E-state index is 10.6. The molecular formula is C14H9N3O3S. The van der Waals surface area contributed by atoms with Crippen molar-refractivity contribution in [3.05, 3.63) is 58.8 Å². The van der Waals surface area contributed by atoms with Crippen molar-refractivity contribution >= 4 is 17.0 Å². The highest BCUT2D eigenvalue weighted by atomic mass is 32.1. The normalized spacial score (nSPS) is 10.5. The van der Waals surface area contributed by atoms with Crippen molar-refractivity contribution in [3.63, 3.8) is 0 Å². The molecule has 2 heterocycles. The average molecular weight is 299 g/mol. The number of pyridine rings is 1. The van der Waals surface area contributed by atoms with Crippen LogP contribution in [0.4, 0.5) is 5.69 Å². The summed E-state index contributed by atoms with van der Waals surface area (Å²) in [4.78, 5) is 19.0. The van der Waals surface area contributed by atoms with Crippen LogP contribution in [0.1, 0.15) is 0 Å². The number of aromatic nitrogens is 2. The Labute approximate surface area is 123 Å². The molecule has 3 rings (SSSR count). The van der Waals surface area contributed by atoms with Crippen molar-refractivity contribution in [1.29, 1.82) is 0 Å². The second-order valence-corrected chi connectivity index (χ2v) is 5.19. The van der Waals surface area contributed by atoms with Gasteiger partial charge in [-0.1, -0.05) is 6.07 Å². The number of hydrogen-bond donors (Lipinski definition) is 1. The number of thiazole rings is 1. The van der Waals surface area contributed by atoms with Gasteiger partial charge in [0.05, 0.1) is 15.5 Å². The van der Waals surface area contributed by atoms with Crippen molar-refractivity contribution in [2.24, 2.45) is 0 Å². The molecule has 21 heavy (non-hydrogen) atoms. The number of hydrogen-bond acceptors (Lipinski definition) is 6. The lowest BCUT2D eigenvalue weighted by Crippen LogP contribution is -1.86. The Bertz CT molecular complexity index is 785. The topological polar surface area (TPSA) is 89.2 Å². The lowest BCUT2D eigenvalue weighted by atomic mass is 10.2. The zero-order valence-electron chi connectivity index (χ0n) is 10.6. The summed E-state index contributed by atoms with van der Waals surface area (Å²) in [5.41, 5.74) is 1.36. The highest BCUT2D eigenvalue weighted by Crippen LogP contribution is 2.38. The fourth-order valence-corrected chi connectivity index (χ4v) is 2.78. The van der Waals surface area contributed by atoms with Crippen LogP contribution in [0.3, 0.4) is 0 Å². The standard InChI is InChI=1S/C14H9N3O3S/c18-13-12(9-4-6-10(7-5-9)17(19)20)21-14(16-13)11-3-1-2-8-15-11/h1-8,18H. The molecule has 0 aliphatic carbocycles. The SMILES string of the molecule is O=[N+]([O-])c1ccc(-c2sc(-c3ccccn3)nc2O)cc1. The van der Waals surface area contributed by atoms with Gasteiger partial charge in [0.25, 0.3) is 5.69 Å². The summed E-state index contributed by atoms with van der Waals surface area (Å²) < 4.78 is 0. The Morgan fingerprint density at radius 3 is 2.52 bits per heavy atom. The van der Waals surface area contributed by atoms with Crippen molar-refractivity contribution in [1.82, 2.24) is 9.97 Å². The van der Waals surface area contributed by atoms with Crippen molar-refractivity contribution in [3.8, 4) is 27.0 Å². The molecule has 0 unspecified atom stereocenters. The lowest BCUT2D eigenvalue weighted by molar-refractivity contribution is -0.384. The Hall–Kier alpha value is -2.80. The Balaban J connectivity index is 2.00. The minimum Gasteiger partial charge on any atom is -0.492 e. The first-order chi connectivity index (χ1) is 10.1. The van der Waals surface area contributed by atoms with Crippen LogP contribution in [0.25, 0.3) is 21.1 Å². The predicted octanol–water partition coefficient (Wildman–Crippen LogP) is 3.49. The van der Waals surface area contributed by atoms with Crippen LogP contribution in [0.15, 0.2) is 48.7 Å². The molecule has 0 aliphatic rings. The van der Waals surface area contributed by atoms with Gasteiger partial charge < -0.3 is 5.11 Å². The van der Waals surface area contributed by atoms with Gasteiger partial charge in [-0.05, 0) is 29.8 Å².